The summed E-state index contributed by atoms with van der Waals surface area (Å²) in [5.41, 5.74) is 3.55. The molecule has 3 heterocycles. The molecule has 3 fully saturated rings. The third kappa shape index (κ3) is 4.25. The third-order valence-electron chi connectivity index (χ3n) is 6.92. The smallest absolute Gasteiger partial charge is 0.123 e. The molecule has 156 valence electrons. The standard InChI is InChI=1S/C23H31FN4O/c24-20-4-6-22(7-5-20)28-17-19(23(25-28)18-2-1-3-18)16-26-10-8-21(9-11-26)27-12-14-29-15-13-27/h4-7,17-18,21H,1-3,8-16H2. The van der Waals surface area contributed by atoms with Gasteiger partial charge in [-0.25, -0.2) is 9.07 Å². The zero-order valence-corrected chi connectivity index (χ0v) is 17.1. The van der Waals surface area contributed by atoms with E-state index in [9.17, 15) is 4.39 Å². The normalized spacial score (nSPS) is 22.7. The molecule has 0 spiro atoms. The Balaban J connectivity index is 1.27. The molecule has 0 unspecified atom stereocenters. The first kappa shape index (κ1) is 19.2. The van der Waals surface area contributed by atoms with Crippen molar-refractivity contribution in [2.45, 2.75) is 50.6 Å². The van der Waals surface area contributed by atoms with Crippen LogP contribution in [-0.2, 0) is 11.3 Å². The van der Waals surface area contributed by atoms with Crippen LogP contribution in [-0.4, -0.2) is 65.0 Å². The first-order valence-corrected chi connectivity index (χ1v) is 11.1. The van der Waals surface area contributed by atoms with Gasteiger partial charge in [-0.15, -0.1) is 0 Å². The third-order valence-corrected chi connectivity index (χ3v) is 6.92. The summed E-state index contributed by atoms with van der Waals surface area (Å²) >= 11 is 0. The van der Waals surface area contributed by atoms with Gasteiger partial charge in [-0.2, -0.15) is 5.10 Å². The Labute approximate surface area is 172 Å². The Bertz CT molecular complexity index is 803. The lowest BCUT2D eigenvalue weighted by molar-refractivity contribution is 0.000196. The van der Waals surface area contributed by atoms with E-state index in [0.717, 1.165) is 51.6 Å². The van der Waals surface area contributed by atoms with Gasteiger partial charge in [-0.05, 0) is 63.0 Å². The van der Waals surface area contributed by atoms with Crippen LogP contribution in [0, 0.1) is 5.82 Å². The van der Waals surface area contributed by atoms with Crippen molar-refractivity contribution in [3.63, 3.8) is 0 Å². The molecule has 6 heteroatoms. The molecule has 2 aliphatic heterocycles. The number of ether oxygens (including phenoxy) is 1. The van der Waals surface area contributed by atoms with Crippen molar-refractivity contribution >= 4 is 0 Å². The van der Waals surface area contributed by atoms with Gasteiger partial charge in [-0.1, -0.05) is 6.42 Å². The summed E-state index contributed by atoms with van der Waals surface area (Å²) in [5.74, 6) is 0.390. The Morgan fingerprint density at radius 3 is 2.34 bits per heavy atom. The number of morpholine rings is 1. The Hall–Kier alpha value is -1.76. The van der Waals surface area contributed by atoms with Crippen molar-refractivity contribution in [2.75, 3.05) is 39.4 Å². The highest BCUT2D eigenvalue weighted by atomic mass is 19.1. The van der Waals surface area contributed by atoms with Crippen LogP contribution in [0.4, 0.5) is 4.39 Å². The maximum atomic E-state index is 13.3. The van der Waals surface area contributed by atoms with Crippen molar-refractivity contribution < 1.29 is 9.13 Å². The van der Waals surface area contributed by atoms with E-state index >= 15 is 0 Å². The fraction of sp³-hybridized carbons (Fsp3) is 0.609. The molecule has 0 atom stereocenters. The number of benzene rings is 1. The van der Waals surface area contributed by atoms with Gasteiger partial charge in [0.25, 0.3) is 0 Å². The molecule has 1 aliphatic carbocycles. The zero-order valence-electron chi connectivity index (χ0n) is 17.1. The summed E-state index contributed by atoms with van der Waals surface area (Å²) in [6, 6.07) is 7.35. The fourth-order valence-electron chi connectivity index (χ4n) is 4.92. The minimum Gasteiger partial charge on any atom is -0.379 e. The zero-order chi connectivity index (χ0) is 19.6. The molecule has 0 amide bonds. The number of hydrogen-bond acceptors (Lipinski definition) is 4. The number of rotatable bonds is 5. The van der Waals surface area contributed by atoms with Crippen LogP contribution >= 0.6 is 0 Å². The largest absolute Gasteiger partial charge is 0.379 e. The van der Waals surface area contributed by atoms with E-state index in [4.69, 9.17) is 9.84 Å². The molecular formula is C23H31FN4O. The summed E-state index contributed by atoms with van der Waals surface area (Å²) in [6.07, 6.45) is 8.45. The Morgan fingerprint density at radius 1 is 0.966 bits per heavy atom. The Kier molecular flexibility index (Phi) is 5.66. The van der Waals surface area contributed by atoms with E-state index in [1.807, 2.05) is 16.8 Å². The summed E-state index contributed by atoms with van der Waals surface area (Å²) in [6.45, 7) is 7.20. The van der Waals surface area contributed by atoms with Crippen LogP contribution in [0.25, 0.3) is 5.69 Å². The van der Waals surface area contributed by atoms with Crippen LogP contribution in [0.15, 0.2) is 30.5 Å². The summed E-state index contributed by atoms with van der Waals surface area (Å²) in [4.78, 5) is 5.21. The summed E-state index contributed by atoms with van der Waals surface area (Å²) in [5, 5.41) is 4.93. The topological polar surface area (TPSA) is 33.5 Å². The molecule has 2 saturated heterocycles. The van der Waals surface area contributed by atoms with E-state index in [2.05, 4.69) is 16.0 Å². The van der Waals surface area contributed by atoms with Gasteiger partial charge in [0.1, 0.15) is 5.82 Å². The van der Waals surface area contributed by atoms with Gasteiger partial charge in [0.05, 0.1) is 24.6 Å². The molecular weight excluding hydrogens is 367 g/mol. The van der Waals surface area contributed by atoms with E-state index in [-0.39, 0.29) is 5.82 Å². The number of aromatic nitrogens is 2. The van der Waals surface area contributed by atoms with Crippen molar-refractivity contribution in [3.8, 4) is 5.69 Å². The highest BCUT2D eigenvalue weighted by molar-refractivity contribution is 5.34. The van der Waals surface area contributed by atoms with Crippen molar-refractivity contribution in [1.82, 2.24) is 19.6 Å². The van der Waals surface area contributed by atoms with E-state index < -0.39 is 0 Å². The van der Waals surface area contributed by atoms with E-state index in [0.29, 0.717) is 12.0 Å². The minimum absolute atomic E-state index is 0.205. The molecule has 1 aromatic carbocycles. The van der Waals surface area contributed by atoms with Crippen LogP contribution < -0.4 is 0 Å². The number of likely N-dealkylation sites (tertiary alicyclic amines) is 1. The lowest BCUT2D eigenvalue weighted by atomic mass is 9.81. The molecule has 1 aromatic heterocycles. The highest BCUT2D eigenvalue weighted by Gasteiger charge is 2.29. The Morgan fingerprint density at radius 2 is 1.69 bits per heavy atom. The van der Waals surface area contributed by atoms with Crippen molar-refractivity contribution in [1.29, 1.82) is 0 Å². The molecule has 2 aromatic rings. The second-order valence-electron chi connectivity index (χ2n) is 8.74. The minimum atomic E-state index is -0.205. The maximum absolute atomic E-state index is 13.3. The van der Waals surface area contributed by atoms with Crippen LogP contribution in [0.3, 0.4) is 0 Å². The quantitative estimate of drug-likeness (QED) is 0.771. The van der Waals surface area contributed by atoms with Crippen molar-refractivity contribution in [3.05, 3.63) is 47.5 Å². The predicted octanol–water partition coefficient (Wildman–Crippen LogP) is 3.58. The van der Waals surface area contributed by atoms with Gasteiger partial charge in [0, 0.05) is 43.4 Å². The second-order valence-corrected chi connectivity index (χ2v) is 8.74. The lowest BCUT2D eigenvalue weighted by Crippen LogP contribution is -2.48. The predicted molar refractivity (Wildman–Crippen MR) is 111 cm³/mol. The highest BCUT2D eigenvalue weighted by Crippen LogP contribution is 2.38. The molecule has 0 bridgehead atoms. The molecule has 0 radical (unpaired) electrons. The molecule has 5 rings (SSSR count). The van der Waals surface area contributed by atoms with Gasteiger partial charge >= 0.3 is 0 Å². The SMILES string of the molecule is Fc1ccc(-n2cc(CN3CCC(N4CCOCC4)CC3)c(C3CCC3)n2)cc1. The van der Waals surface area contributed by atoms with Gasteiger partial charge in [0.2, 0.25) is 0 Å². The van der Waals surface area contributed by atoms with E-state index in [1.165, 1.54) is 55.5 Å². The number of nitrogens with zero attached hydrogens (tertiary/aromatic N) is 4. The number of hydrogen-bond donors (Lipinski definition) is 0. The second kappa shape index (κ2) is 8.54. The van der Waals surface area contributed by atoms with Crippen LogP contribution in [0.5, 0.6) is 0 Å². The van der Waals surface area contributed by atoms with Gasteiger partial charge in [-0.3, -0.25) is 9.80 Å². The van der Waals surface area contributed by atoms with E-state index in [1.54, 1.807) is 0 Å². The maximum Gasteiger partial charge on any atom is 0.123 e. The molecule has 1 saturated carbocycles. The molecule has 29 heavy (non-hydrogen) atoms. The van der Waals surface area contributed by atoms with Gasteiger partial charge in [0.15, 0.2) is 0 Å². The summed E-state index contributed by atoms with van der Waals surface area (Å²) < 4.78 is 20.8. The van der Waals surface area contributed by atoms with Crippen LogP contribution in [0.2, 0.25) is 0 Å². The van der Waals surface area contributed by atoms with Gasteiger partial charge < -0.3 is 4.74 Å². The fourth-order valence-corrected chi connectivity index (χ4v) is 4.92. The molecule has 3 aliphatic rings. The molecule has 0 N–H and O–H groups in total. The first-order valence-electron chi connectivity index (χ1n) is 11.1. The monoisotopic (exact) mass is 398 g/mol. The average Bonchev–Trinajstić information content (AvgIpc) is 3.11. The number of halogens is 1. The average molecular weight is 399 g/mol. The number of piperidine rings is 1. The molecule has 5 nitrogen and oxygen atoms in total. The lowest BCUT2D eigenvalue weighted by Gasteiger charge is -2.40. The summed E-state index contributed by atoms with van der Waals surface area (Å²) in [7, 11) is 0. The van der Waals surface area contributed by atoms with Crippen molar-refractivity contribution in [2.24, 2.45) is 0 Å². The van der Waals surface area contributed by atoms with Crippen LogP contribution in [0.1, 0.15) is 49.3 Å². The first-order chi connectivity index (χ1) is 14.3.